The first kappa shape index (κ1) is 12.1. The second-order valence-electron chi connectivity index (χ2n) is 5.52. The molecule has 136 valence electrons. The van der Waals surface area contributed by atoms with E-state index in [0.29, 0.717) is 18.6 Å². The Bertz CT molecular complexity index is 864. The number of hydrogen-bond acceptors (Lipinski definition) is 5. The third-order valence-corrected chi connectivity index (χ3v) is 3.77. The second-order valence-corrected chi connectivity index (χ2v) is 5.52. The van der Waals surface area contributed by atoms with E-state index >= 15 is 0 Å². The van der Waals surface area contributed by atoms with Crippen molar-refractivity contribution in [1.29, 1.82) is 0 Å². The number of fused-ring (bicyclic) bond motifs is 1. The van der Waals surface area contributed by atoms with E-state index in [1.54, 1.807) is 12.2 Å². The maximum atomic E-state index is 13.1. The number of carbonyl (C=O) groups excluding carboxylic acids is 2. The van der Waals surface area contributed by atoms with Crippen LogP contribution < -0.4 is 9.47 Å². The topological polar surface area (TPSA) is 61.8 Å². The van der Waals surface area contributed by atoms with Crippen molar-refractivity contribution in [1.82, 2.24) is 0 Å². The predicted octanol–water partition coefficient (Wildman–Crippen LogP) is 4.19. The number of hydrogen-bond donors (Lipinski definition) is 0. The fourth-order valence-corrected chi connectivity index (χ4v) is 2.49. The summed E-state index contributed by atoms with van der Waals surface area (Å²) in [6.45, 7) is -3.32. The lowest BCUT2D eigenvalue weighted by atomic mass is 10.0. The number of Topliss-reactive ketones (excluding diaryl/α,β-unsaturated/α-hetero) is 1. The van der Waals surface area contributed by atoms with Crippen LogP contribution >= 0.6 is 0 Å². The molecule has 1 aliphatic heterocycles. The fraction of sp³-hybridized carbons (Fsp3) is 0.500. The van der Waals surface area contributed by atoms with E-state index in [1.165, 1.54) is 26.4 Å². The number of benzene rings is 1. The number of carbonyl (C=O) groups is 2. The molecular formula is C20H26O5. The van der Waals surface area contributed by atoms with Crippen molar-refractivity contribution >= 4 is 17.8 Å². The van der Waals surface area contributed by atoms with Gasteiger partial charge in [-0.3, -0.25) is 4.79 Å². The lowest BCUT2D eigenvalue weighted by molar-refractivity contribution is -0.119. The zero-order chi connectivity index (χ0) is 23.4. The first-order valence-electron chi connectivity index (χ1n) is 11.0. The highest BCUT2D eigenvalue weighted by molar-refractivity contribution is 5.97. The summed E-state index contributed by atoms with van der Waals surface area (Å²) in [5.41, 5.74) is 0.141. The monoisotopic (exact) mass is 352 g/mol. The second kappa shape index (κ2) is 9.25. The molecule has 2 rings (SSSR count). The molecule has 5 heteroatoms. The maximum absolute atomic E-state index is 13.1. The molecule has 0 aromatic heterocycles. The Morgan fingerprint density at radius 3 is 2.76 bits per heavy atom. The fourth-order valence-electron chi connectivity index (χ4n) is 2.49. The molecule has 0 radical (unpaired) electrons. The van der Waals surface area contributed by atoms with E-state index in [9.17, 15) is 9.59 Å². The molecular weight excluding hydrogens is 320 g/mol. The molecule has 0 bridgehead atoms. The molecule has 1 aromatic rings. The predicted molar refractivity (Wildman–Crippen MR) is 96.2 cm³/mol. The Kier molecular flexibility index (Phi) is 4.49. The van der Waals surface area contributed by atoms with Crippen LogP contribution in [0.15, 0.2) is 18.2 Å². The summed E-state index contributed by atoms with van der Waals surface area (Å²) in [4.78, 5) is 25.2. The summed E-state index contributed by atoms with van der Waals surface area (Å²) in [5.74, 6) is -1.08. The highest BCUT2D eigenvalue weighted by Crippen LogP contribution is 2.31. The Balaban J connectivity index is 2.68. The Morgan fingerprint density at radius 2 is 2.04 bits per heavy atom. The SMILES string of the molecule is [2H]C([2H])([2H])C1([2H])OC(=O)c2c(cc(OC)cc2OC)/C=C\CCCC(=O)CCC1([2H])[2H]. The van der Waals surface area contributed by atoms with Gasteiger partial charge in [0.1, 0.15) is 22.8 Å². The van der Waals surface area contributed by atoms with Gasteiger partial charge in [0.2, 0.25) is 0 Å². The first-order chi connectivity index (χ1) is 14.4. The standard InChI is InChI=1S/C20H26O5/c1-14-8-7-11-16(21)10-6-4-5-9-15-12-17(23-2)13-18(24-3)19(15)20(22)25-14/h5,9,12-14H,4,6-8,10-11H2,1-3H3/b9-5-/i1D3,8D2,14D. The van der Waals surface area contributed by atoms with Gasteiger partial charge in [-0.15, -0.1) is 0 Å². The molecule has 0 aliphatic carbocycles. The van der Waals surface area contributed by atoms with Gasteiger partial charge in [-0.25, -0.2) is 4.79 Å². The maximum Gasteiger partial charge on any atom is 0.342 e. The Hall–Kier alpha value is -2.30. The van der Waals surface area contributed by atoms with Gasteiger partial charge >= 0.3 is 5.97 Å². The van der Waals surface area contributed by atoms with Gasteiger partial charge in [0.15, 0.2) is 0 Å². The van der Waals surface area contributed by atoms with Crippen molar-refractivity contribution in [3.63, 3.8) is 0 Å². The molecule has 0 amide bonds. The molecule has 1 aromatic carbocycles. The summed E-state index contributed by atoms with van der Waals surface area (Å²) in [6, 6.07) is 2.92. The number of ether oxygens (including phenoxy) is 3. The zero-order valence-corrected chi connectivity index (χ0v) is 14.4. The van der Waals surface area contributed by atoms with E-state index in [-0.39, 0.29) is 35.5 Å². The van der Waals surface area contributed by atoms with Gasteiger partial charge in [0, 0.05) is 25.8 Å². The molecule has 1 unspecified atom stereocenters. The average molecular weight is 352 g/mol. The van der Waals surface area contributed by atoms with Crippen LogP contribution in [0, 0.1) is 0 Å². The highest BCUT2D eigenvalue weighted by Gasteiger charge is 2.21. The number of cyclic esters (lactones) is 1. The van der Waals surface area contributed by atoms with Crippen molar-refractivity contribution < 1.29 is 32.0 Å². The number of methoxy groups -OCH3 is 2. The van der Waals surface area contributed by atoms with Crippen LogP contribution in [0.25, 0.3) is 6.08 Å². The van der Waals surface area contributed by atoms with E-state index < -0.39 is 31.7 Å². The third kappa shape index (κ3) is 5.34. The summed E-state index contributed by atoms with van der Waals surface area (Å²) in [6.07, 6.45) is -2.32. The minimum atomic E-state index is -3.32. The molecule has 5 nitrogen and oxygen atoms in total. The van der Waals surface area contributed by atoms with Crippen molar-refractivity contribution in [3.05, 3.63) is 29.3 Å². The third-order valence-electron chi connectivity index (χ3n) is 3.77. The summed E-state index contributed by atoms with van der Waals surface area (Å²) in [5, 5.41) is 0. The van der Waals surface area contributed by atoms with Crippen molar-refractivity contribution in [2.45, 2.75) is 51.4 Å². The van der Waals surface area contributed by atoms with Gasteiger partial charge in [0.05, 0.1) is 21.7 Å². The molecule has 0 spiro atoms. The van der Waals surface area contributed by atoms with Crippen LogP contribution in [0.4, 0.5) is 0 Å². The molecule has 1 atom stereocenters. The molecule has 0 fully saturated rings. The highest BCUT2D eigenvalue weighted by atomic mass is 16.5. The molecule has 0 saturated carbocycles. The van der Waals surface area contributed by atoms with Crippen LogP contribution in [0.3, 0.4) is 0 Å². The van der Waals surface area contributed by atoms with Crippen molar-refractivity contribution in [2.75, 3.05) is 14.2 Å². The van der Waals surface area contributed by atoms with E-state index in [0.717, 1.165) is 0 Å². The van der Waals surface area contributed by atoms with Gasteiger partial charge in [-0.2, -0.15) is 0 Å². The average Bonchev–Trinajstić information content (AvgIpc) is 2.69. The summed E-state index contributed by atoms with van der Waals surface area (Å²) in [7, 11) is 2.73. The van der Waals surface area contributed by atoms with Gasteiger partial charge < -0.3 is 14.2 Å². The molecule has 25 heavy (non-hydrogen) atoms. The molecule has 1 aliphatic rings. The van der Waals surface area contributed by atoms with Crippen LogP contribution in [0.2, 0.25) is 0 Å². The van der Waals surface area contributed by atoms with Crippen LogP contribution in [-0.4, -0.2) is 32.1 Å². The minimum absolute atomic E-state index is 0.0275. The molecule has 0 N–H and O–H groups in total. The van der Waals surface area contributed by atoms with Gasteiger partial charge in [-0.05, 0) is 44.1 Å². The largest absolute Gasteiger partial charge is 0.497 e. The quantitative estimate of drug-likeness (QED) is 0.747. The van der Waals surface area contributed by atoms with E-state index in [1.807, 2.05) is 0 Å². The van der Waals surface area contributed by atoms with Gasteiger partial charge in [0.25, 0.3) is 0 Å². The minimum Gasteiger partial charge on any atom is -0.497 e. The Morgan fingerprint density at radius 1 is 1.24 bits per heavy atom. The normalized spacial score (nSPS) is 29.8. The van der Waals surface area contributed by atoms with Crippen molar-refractivity contribution in [2.24, 2.45) is 0 Å². The smallest absolute Gasteiger partial charge is 0.342 e. The van der Waals surface area contributed by atoms with Crippen LogP contribution in [0.5, 0.6) is 11.5 Å². The number of allylic oxidation sites excluding steroid dienone is 1. The lowest BCUT2D eigenvalue weighted by Gasteiger charge is -2.17. The number of rotatable bonds is 2. The van der Waals surface area contributed by atoms with Crippen molar-refractivity contribution in [3.8, 4) is 11.5 Å². The number of esters is 1. The summed E-state index contributed by atoms with van der Waals surface area (Å²) < 4.78 is 63.5. The number of ketones is 1. The zero-order valence-electron chi connectivity index (χ0n) is 20.4. The van der Waals surface area contributed by atoms with Crippen LogP contribution in [0.1, 0.15) is 69.5 Å². The molecule has 1 heterocycles. The first-order valence-corrected chi connectivity index (χ1v) is 8.04. The lowest BCUT2D eigenvalue weighted by Crippen LogP contribution is -2.17. The van der Waals surface area contributed by atoms with Crippen LogP contribution in [-0.2, 0) is 9.53 Å². The van der Waals surface area contributed by atoms with Gasteiger partial charge in [-0.1, -0.05) is 12.2 Å². The Labute approximate surface area is 157 Å². The molecule has 0 saturated heterocycles. The summed E-state index contributed by atoms with van der Waals surface area (Å²) >= 11 is 0. The van der Waals surface area contributed by atoms with E-state index in [4.69, 9.17) is 22.4 Å². The van der Waals surface area contributed by atoms with E-state index in [2.05, 4.69) is 0 Å².